The Morgan fingerprint density at radius 3 is 2.67 bits per heavy atom. The van der Waals surface area contributed by atoms with E-state index < -0.39 is 0 Å². The van der Waals surface area contributed by atoms with Crippen molar-refractivity contribution < 1.29 is 4.79 Å². The first-order chi connectivity index (χ1) is 11.6. The van der Waals surface area contributed by atoms with Gasteiger partial charge >= 0.3 is 0 Å². The average molecular weight is 343 g/mol. The lowest BCUT2D eigenvalue weighted by Crippen LogP contribution is -2.26. The highest BCUT2D eigenvalue weighted by Crippen LogP contribution is 2.22. The van der Waals surface area contributed by atoms with Crippen LogP contribution >= 0.6 is 11.6 Å². The van der Waals surface area contributed by atoms with Gasteiger partial charge in [-0.05, 0) is 25.0 Å². The van der Waals surface area contributed by atoms with E-state index in [0.29, 0.717) is 23.6 Å². The third-order valence-corrected chi connectivity index (χ3v) is 4.09. The molecule has 124 valence electrons. The van der Waals surface area contributed by atoms with Crippen LogP contribution in [0.15, 0.2) is 36.5 Å². The molecule has 24 heavy (non-hydrogen) atoms. The van der Waals surface area contributed by atoms with Gasteiger partial charge in [-0.15, -0.1) is 0 Å². The first kappa shape index (κ1) is 16.5. The van der Waals surface area contributed by atoms with E-state index in [1.54, 1.807) is 10.7 Å². The zero-order valence-electron chi connectivity index (χ0n) is 13.7. The van der Waals surface area contributed by atoms with Crippen LogP contribution in [0, 0.1) is 0 Å². The fourth-order valence-corrected chi connectivity index (χ4v) is 2.73. The largest absolute Gasteiger partial charge is 0.352 e. The predicted octanol–water partition coefficient (Wildman–Crippen LogP) is 3.75. The lowest BCUT2D eigenvalue weighted by atomic mass is 10.1. The first-order valence-corrected chi connectivity index (χ1v) is 8.43. The van der Waals surface area contributed by atoms with Crippen LogP contribution in [0.5, 0.6) is 0 Å². The second-order valence-corrected chi connectivity index (χ2v) is 5.97. The maximum Gasteiger partial charge on any atom is 0.254 e. The highest BCUT2D eigenvalue weighted by atomic mass is 35.5. The van der Waals surface area contributed by atoms with E-state index in [1.165, 1.54) is 0 Å². The zero-order chi connectivity index (χ0) is 17.1. The summed E-state index contributed by atoms with van der Waals surface area (Å²) in [4.78, 5) is 16.7. The predicted molar refractivity (Wildman–Crippen MR) is 95.4 cm³/mol. The molecule has 5 nitrogen and oxygen atoms in total. The van der Waals surface area contributed by atoms with Gasteiger partial charge in [0, 0.05) is 29.4 Å². The Hall–Kier alpha value is -2.40. The molecular weight excluding hydrogens is 324 g/mol. The molecule has 0 bridgehead atoms. The quantitative estimate of drug-likeness (QED) is 0.768. The Morgan fingerprint density at radius 1 is 1.25 bits per heavy atom. The summed E-state index contributed by atoms with van der Waals surface area (Å²) >= 11 is 5.94. The third kappa shape index (κ3) is 3.12. The molecule has 0 aliphatic heterocycles. The van der Waals surface area contributed by atoms with Gasteiger partial charge in [0.25, 0.3) is 5.91 Å². The number of amides is 1. The Kier molecular flexibility index (Phi) is 4.81. The Bertz CT molecular complexity index is 871. The van der Waals surface area contributed by atoms with E-state index in [4.69, 9.17) is 11.6 Å². The molecule has 1 amide bonds. The fourth-order valence-electron chi connectivity index (χ4n) is 2.61. The number of hydrogen-bond acceptors (Lipinski definition) is 3. The highest BCUT2D eigenvalue weighted by Gasteiger charge is 2.16. The van der Waals surface area contributed by atoms with Crippen LogP contribution < -0.4 is 5.32 Å². The molecule has 0 saturated heterocycles. The minimum Gasteiger partial charge on any atom is -0.352 e. The van der Waals surface area contributed by atoms with Crippen molar-refractivity contribution in [2.24, 2.45) is 0 Å². The average Bonchev–Trinajstić information content (AvgIpc) is 3.03. The molecule has 0 aliphatic rings. The van der Waals surface area contributed by atoms with Crippen molar-refractivity contribution in [2.45, 2.75) is 26.7 Å². The summed E-state index contributed by atoms with van der Waals surface area (Å²) < 4.78 is 1.75. The van der Waals surface area contributed by atoms with Crippen LogP contribution in [-0.2, 0) is 6.42 Å². The molecule has 6 heteroatoms. The molecule has 0 atom stereocenters. The molecular formula is C18H19ClN4O. The third-order valence-electron chi connectivity index (χ3n) is 3.84. The van der Waals surface area contributed by atoms with Crippen molar-refractivity contribution in [3.05, 3.63) is 52.8 Å². The summed E-state index contributed by atoms with van der Waals surface area (Å²) in [7, 11) is 0. The first-order valence-electron chi connectivity index (χ1n) is 8.05. The summed E-state index contributed by atoms with van der Waals surface area (Å²) in [5, 5.41) is 8.22. The number of rotatable bonds is 5. The second kappa shape index (κ2) is 7.01. The van der Waals surface area contributed by atoms with Crippen molar-refractivity contribution >= 4 is 23.2 Å². The van der Waals surface area contributed by atoms with Crippen molar-refractivity contribution in [3.63, 3.8) is 0 Å². The lowest BCUT2D eigenvalue weighted by molar-refractivity contribution is 0.0951. The van der Waals surface area contributed by atoms with Gasteiger partial charge in [-0.2, -0.15) is 5.10 Å². The van der Waals surface area contributed by atoms with Crippen LogP contribution in [0.3, 0.4) is 0 Å². The second-order valence-electron chi connectivity index (χ2n) is 5.53. The SMILES string of the molecule is CCCNC(=O)c1cnc2cc(-c3ccc(Cl)cc3)nn2c1CC. The number of nitrogens with zero attached hydrogens (tertiary/aromatic N) is 3. The van der Waals surface area contributed by atoms with Crippen LogP contribution in [0.4, 0.5) is 0 Å². The fraction of sp³-hybridized carbons (Fsp3) is 0.278. The van der Waals surface area contributed by atoms with E-state index in [1.807, 2.05) is 44.2 Å². The molecule has 3 aromatic rings. The van der Waals surface area contributed by atoms with Gasteiger partial charge in [0.2, 0.25) is 0 Å². The molecule has 0 spiro atoms. The number of aryl methyl sites for hydroxylation is 1. The van der Waals surface area contributed by atoms with E-state index in [0.717, 1.165) is 29.0 Å². The van der Waals surface area contributed by atoms with Gasteiger partial charge in [-0.25, -0.2) is 9.50 Å². The van der Waals surface area contributed by atoms with Crippen molar-refractivity contribution in [3.8, 4) is 11.3 Å². The molecule has 2 aromatic heterocycles. The van der Waals surface area contributed by atoms with Gasteiger partial charge in [-0.3, -0.25) is 4.79 Å². The number of nitrogens with one attached hydrogen (secondary N) is 1. The Morgan fingerprint density at radius 2 is 2.00 bits per heavy atom. The summed E-state index contributed by atoms with van der Waals surface area (Å²) in [6, 6.07) is 9.42. The minimum atomic E-state index is -0.105. The number of carbonyl (C=O) groups is 1. The van der Waals surface area contributed by atoms with Gasteiger partial charge in [0.1, 0.15) is 0 Å². The number of benzene rings is 1. The number of hydrogen-bond donors (Lipinski definition) is 1. The molecule has 3 rings (SSSR count). The van der Waals surface area contributed by atoms with Crippen molar-refractivity contribution in [1.82, 2.24) is 19.9 Å². The van der Waals surface area contributed by atoms with E-state index in [9.17, 15) is 4.79 Å². The van der Waals surface area contributed by atoms with E-state index >= 15 is 0 Å². The topological polar surface area (TPSA) is 59.3 Å². The number of fused-ring (bicyclic) bond motifs is 1. The number of halogens is 1. The maximum atomic E-state index is 12.3. The Balaban J connectivity index is 2.06. The molecule has 0 unspecified atom stereocenters. The van der Waals surface area contributed by atoms with Crippen LogP contribution in [0.25, 0.3) is 16.9 Å². The molecule has 0 aliphatic carbocycles. The molecule has 0 saturated carbocycles. The summed E-state index contributed by atoms with van der Waals surface area (Å²) in [6.45, 7) is 4.68. The maximum absolute atomic E-state index is 12.3. The molecule has 1 aromatic carbocycles. The molecule has 0 radical (unpaired) electrons. The molecule has 0 fully saturated rings. The van der Waals surface area contributed by atoms with Crippen molar-refractivity contribution in [1.29, 1.82) is 0 Å². The van der Waals surface area contributed by atoms with Gasteiger partial charge in [0.15, 0.2) is 5.65 Å². The monoisotopic (exact) mass is 342 g/mol. The smallest absolute Gasteiger partial charge is 0.254 e. The summed E-state index contributed by atoms with van der Waals surface area (Å²) in [5.74, 6) is -0.105. The normalized spacial score (nSPS) is 11.0. The summed E-state index contributed by atoms with van der Waals surface area (Å²) in [5.41, 5.74) is 3.92. The lowest BCUT2D eigenvalue weighted by Gasteiger charge is -2.09. The Labute approximate surface area is 145 Å². The van der Waals surface area contributed by atoms with Gasteiger partial charge in [-0.1, -0.05) is 37.6 Å². The van der Waals surface area contributed by atoms with Gasteiger partial charge in [0.05, 0.1) is 17.0 Å². The standard InChI is InChI=1S/C18H19ClN4O/c1-3-9-20-18(24)14-11-21-17-10-15(22-23(17)16(14)4-2)12-5-7-13(19)8-6-12/h5-8,10-11H,3-4,9H2,1-2H3,(H,20,24). The van der Waals surface area contributed by atoms with E-state index in [-0.39, 0.29) is 5.91 Å². The van der Waals surface area contributed by atoms with Crippen molar-refractivity contribution in [2.75, 3.05) is 6.54 Å². The minimum absolute atomic E-state index is 0.105. The van der Waals surface area contributed by atoms with Crippen LogP contribution in [0.1, 0.15) is 36.3 Å². The summed E-state index contributed by atoms with van der Waals surface area (Å²) in [6.07, 6.45) is 3.22. The van der Waals surface area contributed by atoms with E-state index in [2.05, 4.69) is 15.4 Å². The van der Waals surface area contributed by atoms with Crippen LogP contribution in [0.2, 0.25) is 5.02 Å². The molecule has 1 N–H and O–H groups in total. The number of carbonyl (C=O) groups excluding carboxylic acids is 1. The van der Waals surface area contributed by atoms with Gasteiger partial charge < -0.3 is 5.32 Å². The highest BCUT2D eigenvalue weighted by molar-refractivity contribution is 6.30. The number of aromatic nitrogens is 3. The zero-order valence-corrected chi connectivity index (χ0v) is 14.5. The molecule has 2 heterocycles. The van der Waals surface area contributed by atoms with Crippen LogP contribution in [-0.4, -0.2) is 27.0 Å².